The third-order valence-electron chi connectivity index (χ3n) is 2.35. The Morgan fingerprint density at radius 1 is 1.30 bits per heavy atom. The molecule has 6 nitrogen and oxygen atoms in total. The first kappa shape index (κ1) is 17.2. The zero-order valence-corrected chi connectivity index (χ0v) is 13.1. The number of hydrogen-bond acceptors (Lipinski definition) is 4. The van der Waals surface area contributed by atoms with E-state index in [9.17, 15) is 13.2 Å². The second-order valence-electron chi connectivity index (χ2n) is 4.03. The van der Waals surface area contributed by atoms with E-state index in [0.29, 0.717) is 19.4 Å². The van der Waals surface area contributed by atoms with Gasteiger partial charge in [0, 0.05) is 26.2 Å². The Labute approximate surface area is 127 Å². The molecule has 0 atom stereocenters. The molecular formula is C11H15Cl2N3O3S. The molecule has 112 valence electrons. The summed E-state index contributed by atoms with van der Waals surface area (Å²) in [6.45, 7) is 2.22. The lowest BCUT2D eigenvalue weighted by Crippen LogP contribution is -2.26. The molecule has 1 amide bonds. The van der Waals surface area contributed by atoms with Crippen LogP contribution in [0.1, 0.15) is 19.8 Å². The van der Waals surface area contributed by atoms with E-state index in [0.717, 1.165) is 6.20 Å². The summed E-state index contributed by atoms with van der Waals surface area (Å²) in [4.78, 5) is 14.3. The van der Waals surface area contributed by atoms with E-state index in [1.54, 1.807) is 0 Å². The zero-order chi connectivity index (χ0) is 15.2. The van der Waals surface area contributed by atoms with Gasteiger partial charge in [-0.3, -0.25) is 4.79 Å². The van der Waals surface area contributed by atoms with Crippen LogP contribution < -0.4 is 10.0 Å². The van der Waals surface area contributed by atoms with Crippen molar-refractivity contribution >= 4 is 39.1 Å². The third kappa shape index (κ3) is 5.62. The van der Waals surface area contributed by atoms with Gasteiger partial charge >= 0.3 is 0 Å². The second-order valence-corrected chi connectivity index (χ2v) is 6.56. The highest BCUT2D eigenvalue weighted by molar-refractivity contribution is 7.89. The maximum atomic E-state index is 11.9. The number of nitrogens with one attached hydrogen (secondary N) is 2. The summed E-state index contributed by atoms with van der Waals surface area (Å²) in [5, 5.41) is 2.77. The van der Waals surface area contributed by atoms with Crippen LogP contribution in [0.2, 0.25) is 10.2 Å². The standard InChI is InChI=1S/C11H15Cl2N3O3S/c1-8(17)14-4-2-3-5-16-20(18,19)9-6-10(12)11(13)15-7-9/h6-7,16H,2-5H2,1H3,(H,14,17). The zero-order valence-electron chi connectivity index (χ0n) is 10.8. The predicted octanol–water partition coefficient (Wildman–Crippen LogP) is 1.58. The molecule has 0 saturated heterocycles. The van der Waals surface area contributed by atoms with Crippen LogP contribution in [0.15, 0.2) is 17.2 Å². The Morgan fingerprint density at radius 3 is 2.55 bits per heavy atom. The minimum absolute atomic E-state index is 0.0336. The molecule has 1 rings (SSSR count). The molecule has 0 bridgehead atoms. The van der Waals surface area contributed by atoms with Crippen LogP contribution in [-0.4, -0.2) is 32.4 Å². The van der Waals surface area contributed by atoms with Crippen molar-refractivity contribution in [3.05, 3.63) is 22.4 Å². The normalized spacial score (nSPS) is 11.3. The van der Waals surface area contributed by atoms with Gasteiger partial charge in [-0.1, -0.05) is 23.2 Å². The topological polar surface area (TPSA) is 88.2 Å². The summed E-state index contributed by atoms with van der Waals surface area (Å²) in [6, 6.07) is 1.25. The molecule has 0 aliphatic rings. The molecule has 0 fully saturated rings. The number of aromatic nitrogens is 1. The summed E-state index contributed by atoms with van der Waals surface area (Å²) in [5.41, 5.74) is 0. The third-order valence-corrected chi connectivity index (χ3v) is 4.47. The molecule has 1 heterocycles. The van der Waals surface area contributed by atoms with Crippen molar-refractivity contribution in [2.75, 3.05) is 13.1 Å². The number of unbranched alkanes of at least 4 members (excludes halogenated alkanes) is 1. The van der Waals surface area contributed by atoms with Crippen LogP contribution in [0.25, 0.3) is 0 Å². The van der Waals surface area contributed by atoms with Gasteiger partial charge in [0.2, 0.25) is 15.9 Å². The Balaban J connectivity index is 2.45. The predicted molar refractivity (Wildman–Crippen MR) is 77.4 cm³/mol. The van der Waals surface area contributed by atoms with Crippen LogP contribution in [0, 0.1) is 0 Å². The number of carbonyl (C=O) groups is 1. The second kappa shape index (κ2) is 7.78. The average molecular weight is 340 g/mol. The maximum Gasteiger partial charge on any atom is 0.242 e. The van der Waals surface area contributed by atoms with Crippen molar-refractivity contribution in [2.45, 2.75) is 24.7 Å². The molecule has 20 heavy (non-hydrogen) atoms. The molecule has 0 aliphatic carbocycles. The molecule has 1 aromatic rings. The van der Waals surface area contributed by atoms with Gasteiger partial charge in [0.15, 0.2) is 0 Å². The van der Waals surface area contributed by atoms with E-state index >= 15 is 0 Å². The van der Waals surface area contributed by atoms with Crippen LogP contribution in [0.5, 0.6) is 0 Å². The van der Waals surface area contributed by atoms with Gasteiger partial charge in [-0.15, -0.1) is 0 Å². The van der Waals surface area contributed by atoms with Crippen molar-refractivity contribution in [1.82, 2.24) is 15.0 Å². The molecule has 0 aliphatic heterocycles. The van der Waals surface area contributed by atoms with Crippen molar-refractivity contribution < 1.29 is 13.2 Å². The number of amides is 1. The number of carbonyl (C=O) groups excluding carboxylic acids is 1. The minimum atomic E-state index is -3.65. The quantitative estimate of drug-likeness (QED) is 0.583. The van der Waals surface area contributed by atoms with Gasteiger partial charge in [0.25, 0.3) is 0 Å². The van der Waals surface area contributed by atoms with Crippen molar-refractivity contribution in [1.29, 1.82) is 0 Å². The Kier molecular flexibility index (Phi) is 6.67. The first-order chi connectivity index (χ1) is 9.33. The molecule has 0 aromatic carbocycles. The van der Waals surface area contributed by atoms with E-state index in [2.05, 4.69) is 15.0 Å². The Bertz CT molecular complexity index is 578. The summed E-state index contributed by atoms with van der Waals surface area (Å²) in [6.07, 6.45) is 2.43. The van der Waals surface area contributed by atoms with Gasteiger partial charge in [0.1, 0.15) is 10.0 Å². The van der Waals surface area contributed by atoms with Crippen molar-refractivity contribution in [2.24, 2.45) is 0 Å². The molecular weight excluding hydrogens is 325 g/mol. The maximum absolute atomic E-state index is 11.9. The van der Waals surface area contributed by atoms with Gasteiger partial charge in [-0.05, 0) is 18.9 Å². The molecule has 0 unspecified atom stereocenters. The summed E-state index contributed by atoms with van der Waals surface area (Å²) >= 11 is 11.4. The first-order valence-electron chi connectivity index (χ1n) is 5.88. The molecule has 1 aromatic heterocycles. The lowest BCUT2D eigenvalue weighted by molar-refractivity contribution is -0.118. The number of nitrogens with zero attached hydrogens (tertiary/aromatic N) is 1. The van der Waals surface area contributed by atoms with Gasteiger partial charge in [-0.2, -0.15) is 0 Å². The Morgan fingerprint density at radius 2 is 1.95 bits per heavy atom. The van der Waals surface area contributed by atoms with Crippen LogP contribution in [0.4, 0.5) is 0 Å². The number of hydrogen-bond donors (Lipinski definition) is 2. The van der Waals surface area contributed by atoms with Gasteiger partial charge in [-0.25, -0.2) is 18.1 Å². The summed E-state index contributed by atoms with van der Waals surface area (Å²) in [7, 11) is -3.65. The van der Waals surface area contributed by atoms with E-state index < -0.39 is 10.0 Å². The van der Waals surface area contributed by atoms with Crippen molar-refractivity contribution in [3.63, 3.8) is 0 Å². The monoisotopic (exact) mass is 339 g/mol. The number of rotatable bonds is 7. The number of sulfonamides is 1. The molecule has 0 spiro atoms. The number of pyridine rings is 1. The summed E-state index contributed by atoms with van der Waals surface area (Å²) < 4.78 is 26.3. The van der Waals surface area contributed by atoms with Crippen LogP contribution >= 0.6 is 23.2 Å². The largest absolute Gasteiger partial charge is 0.356 e. The molecule has 0 radical (unpaired) electrons. The highest BCUT2D eigenvalue weighted by Gasteiger charge is 2.15. The molecule has 2 N–H and O–H groups in total. The minimum Gasteiger partial charge on any atom is -0.356 e. The van der Waals surface area contributed by atoms with E-state index in [-0.39, 0.29) is 27.5 Å². The Hall–Kier alpha value is -0.890. The van der Waals surface area contributed by atoms with Crippen LogP contribution in [0.3, 0.4) is 0 Å². The fourth-order valence-electron chi connectivity index (χ4n) is 1.35. The van der Waals surface area contributed by atoms with Crippen LogP contribution in [-0.2, 0) is 14.8 Å². The fraction of sp³-hybridized carbons (Fsp3) is 0.455. The first-order valence-corrected chi connectivity index (χ1v) is 8.12. The highest BCUT2D eigenvalue weighted by Crippen LogP contribution is 2.21. The van der Waals surface area contributed by atoms with Gasteiger partial charge < -0.3 is 5.32 Å². The van der Waals surface area contributed by atoms with E-state index in [4.69, 9.17) is 23.2 Å². The summed E-state index contributed by atoms with van der Waals surface area (Å²) in [5.74, 6) is -0.104. The van der Waals surface area contributed by atoms with Gasteiger partial charge in [0.05, 0.1) is 5.02 Å². The molecule has 9 heteroatoms. The lowest BCUT2D eigenvalue weighted by Gasteiger charge is -2.07. The van der Waals surface area contributed by atoms with E-state index in [1.807, 2.05) is 0 Å². The molecule has 0 saturated carbocycles. The lowest BCUT2D eigenvalue weighted by atomic mass is 10.3. The van der Waals surface area contributed by atoms with Crippen molar-refractivity contribution in [3.8, 4) is 0 Å². The average Bonchev–Trinajstić information content (AvgIpc) is 2.36. The number of halogens is 2. The highest BCUT2D eigenvalue weighted by atomic mass is 35.5. The smallest absolute Gasteiger partial charge is 0.242 e. The fourth-order valence-corrected chi connectivity index (χ4v) is 2.73. The SMILES string of the molecule is CC(=O)NCCCCNS(=O)(=O)c1cnc(Cl)c(Cl)c1. The van der Waals surface area contributed by atoms with E-state index in [1.165, 1.54) is 13.0 Å².